The Balaban J connectivity index is 2.11. The molecule has 2 N–H and O–H groups in total. The predicted molar refractivity (Wildman–Crippen MR) is 75.9 cm³/mol. The maximum atomic E-state index is 9.80. The van der Waals surface area contributed by atoms with E-state index in [4.69, 9.17) is 9.15 Å². The maximum absolute atomic E-state index is 9.80. The molecule has 0 aliphatic carbocycles. The Hall–Kier alpha value is -2.75. The molecular formula is C16H13O4+. The summed E-state index contributed by atoms with van der Waals surface area (Å²) in [6, 6.07) is 13.7. The number of rotatable bonds is 2. The van der Waals surface area contributed by atoms with Gasteiger partial charge in [-0.15, -0.1) is 0 Å². The van der Waals surface area contributed by atoms with Crippen molar-refractivity contribution in [2.45, 2.75) is 0 Å². The number of fused-ring (bicyclic) bond motifs is 1. The molecule has 0 amide bonds. The van der Waals surface area contributed by atoms with Crippen molar-refractivity contribution in [1.29, 1.82) is 0 Å². The molecule has 0 bridgehead atoms. The lowest BCUT2D eigenvalue weighted by Gasteiger charge is -2.02. The van der Waals surface area contributed by atoms with Crippen molar-refractivity contribution in [3.05, 3.63) is 48.5 Å². The number of benzene rings is 2. The van der Waals surface area contributed by atoms with Crippen molar-refractivity contribution in [1.82, 2.24) is 0 Å². The average Bonchev–Trinajstić information content (AvgIpc) is 2.46. The number of phenolic OH excluding ortho intramolecular Hbond substituents is 2. The van der Waals surface area contributed by atoms with Gasteiger partial charge < -0.3 is 14.9 Å². The molecule has 0 radical (unpaired) electrons. The van der Waals surface area contributed by atoms with Crippen molar-refractivity contribution in [3.63, 3.8) is 0 Å². The first kappa shape index (κ1) is 12.3. The zero-order valence-corrected chi connectivity index (χ0v) is 10.8. The molecule has 20 heavy (non-hydrogen) atoms. The molecule has 0 spiro atoms. The quantitative estimate of drug-likeness (QED) is 0.695. The lowest BCUT2D eigenvalue weighted by atomic mass is 10.1. The van der Waals surface area contributed by atoms with Gasteiger partial charge >= 0.3 is 11.3 Å². The van der Waals surface area contributed by atoms with Crippen LogP contribution < -0.4 is 4.74 Å². The summed E-state index contributed by atoms with van der Waals surface area (Å²) in [5.74, 6) is 1.21. The van der Waals surface area contributed by atoms with E-state index in [1.165, 1.54) is 7.11 Å². The minimum absolute atomic E-state index is 0.0520. The summed E-state index contributed by atoms with van der Waals surface area (Å²) in [5.41, 5.74) is 1.31. The van der Waals surface area contributed by atoms with Gasteiger partial charge in [0.05, 0.1) is 24.1 Å². The first-order chi connectivity index (χ1) is 9.67. The SMILES string of the molecule is COc1ccc(-c2ccc3ccc(O)cc3[o+]2)cc1O. The van der Waals surface area contributed by atoms with E-state index in [1.807, 2.05) is 12.1 Å². The molecule has 0 unspecified atom stereocenters. The fourth-order valence-electron chi connectivity index (χ4n) is 2.07. The van der Waals surface area contributed by atoms with Crippen LogP contribution in [0.2, 0.25) is 0 Å². The van der Waals surface area contributed by atoms with E-state index < -0.39 is 0 Å². The van der Waals surface area contributed by atoms with Crippen LogP contribution in [0, 0.1) is 0 Å². The Morgan fingerprint density at radius 1 is 0.950 bits per heavy atom. The van der Waals surface area contributed by atoms with E-state index in [0.29, 0.717) is 17.1 Å². The molecule has 0 saturated heterocycles. The molecule has 4 nitrogen and oxygen atoms in total. The summed E-state index contributed by atoms with van der Waals surface area (Å²) in [6.45, 7) is 0. The molecule has 0 aliphatic rings. The third-order valence-electron chi connectivity index (χ3n) is 3.09. The number of hydrogen-bond donors (Lipinski definition) is 2. The van der Waals surface area contributed by atoms with Crippen molar-refractivity contribution in [2.75, 3.05) is 7.11 Å². The lowest BCUT2D eigenvalue weighted by Crippen LogP contribution is -1.85. The van der Waals surface area contributed by atoms with Gasteiger partial charge in [-0.3, -0.25) is 0 Å². The summed E-state index contributed by atoms with van der Waals surface area (Å²) < 4.78 is 10.8. The second-order valence-corrected chi connectivity index (χ2v) is 4.41. The van der Waals surface area contributed by atoms with Gasteiger partial charge in [0.1, 0.15) is 5.75 Å². The Morgan fingerprint density at radius 2 is 1.75 bits per heavy atom. The van der Waals surface area contributed by atoms with Gasteiger partial charge in [0, 0.05) is 12.1 Å². The predicted octanol–water partition coefficient (Wildman–Crippen LogP) is 3.80. The summed E-state index contributed by atoms with van der Waals surface area (Å²) in [4.78, 5) is 0. The minimum Gasteiger partial charge on any atom is -0.508 e. The molecule has 0 aliphatic heterocycles. The van der Waals surface area contributed by atoms with E-state index in [9.17, 15) is 10.2 Å². The Labute approximate surface area is 115 Å². The number of phenols is 2. The van der Waals surface area contributed by atoms with Crippen LogP contribution in [0.15, 0.2) is 52.9 Å². The van der Waals surface area contributed by atoms with Gasteiger partial charge in [0.2, 0.25) is 0 Å². The van der Waals surface area contributed by atoms with Crippen LogP contribution in [0.5, 0.6) is 17.2 Å². The lowest BCUT2D eigenvalue weighted by molar-refractivity contribution is 0.373. The van der Waals surface area contributed by atoms with Gasteiger partial charge in [-0.05, 0) is 30.3 Å². The highest BCUT2D eigenvalue weighted by atomic mass is 16.5. The smallest absolute Gasteiger partial charge is 0.364 e. The van der Waals surface area contributed by atoms with E-state index in [0.717, 1.165) is 10.9 Å². The van der Waals surface area contributed by atoms with Crippen molar-refractivity contribution < 1.29 is 19.4 Å². The van der Waals surface area contributed by atoms with Crippen molar-refractivity contribution >= 4 is 11.0 Å². The minimum atomic E-state index is 0.0520. The van der Waals surface area contributed by atoms with Crippen LogP contribution in [-0.2, 0) is 0 Å². The molecule has 2 aromatic carbocycles. The maximum Gasteiger partial charge on any atom is 0.364 e. The van der Waals surface area contributed by atoms with Gasteiger partial charge in [0.15, 0.2) is 11.5 Å². The van der Waals surface area contributed by atoms with Crippen LogP contribution in [0.1, 0.15) is 0 Å². The third kappa shape index (κ3) is 2.12. The number of ether oxygens (including phenoxy) is 1. The Bertz CT molecular complexity index is 781. The number of hydrogen-bond acceptors (Lipinski definition) is 3. The van der Waals surface area contributed by atoms with E-state index in [2.05, 4.69) is 0 Å². The molecule has 1 heterocycles. The molecule has 0 fully saturated rings. The summed E-state index contributed by atoms with van der Waals surface area (Å²) in [7, 11) is 1.50. The van der Waals surface area contributed by atoms with Crippen LogP contribution in [0.3, 0.4) is 0 Å². The van der Waals surface area contributed by atoms with Gasteiger partial charge in [-0.1, -0.05) is 0 Å². The molecule has 4 heteroatoms. The zero-order chi connectivity index (χ0) is 14.1. The largest absolute Gasteiger partial charge is 0.508 e. The van der Waals surface area contributed by atoms with Gasteiger partial charge in [-0.25, -0.2) is 4.42 Å². The van der Waals surface area contributed by atoms with Crippen molar-refractivity contribution in [2.24, 2.45) is 0 Å². The summed E-state index contributed by atoms with van der Waals surface area (Å²) in [6.07, 6.45) is 0. The van der Waals surface area contributed by atoms with Crippen LogP contribution >= 0.6 is 0 Å². The van der Waals surface area contributed by atoms with E-state index in [1.54, 1.807) is 36.4 Å². The fraction of sp³-hybridized carbons (Fsp3) is 0.0625. The van der Waals surface area contributed by atoms with E-state index >= 15 is 0 Å². The highest BCUT2D eigenvalue weighted by Crippen LogP contribution is 2.33. The normalized spacial score (nSPS) is 10.7. The monoisotopic (exact) mass is 269 g/mol. The number of aromatic hydroxyl groups is 2. The molecule has 3 rings (SSSR count). The first-order valence-electron chi connectivity index (χ1n) is 6.10. The molecule has 100 valence electrons. The third-order valence-corrected chi connectivity index (χ3v) is 3.09. The highest BCUT2D eigenvalue weighted by Gasteiger charge is 2.16. The van der Waals surface area contributed by atoms with E-state index in [-0.39, 0.29) is 11.5 Å². The zero-order valence-electron chi connectivity index (χ0n) is 10.8. The molecular weight excluding hydrogens is 256 g/mol. The molecule has 1 aromatic heterocycles. The topological polar surface area (TPSA) is 61.0 Å². The molecule has 3 aromatic rings. The second-order valence-electron chi connectivity index (χ2n) is 4.41. The summed E-state index contributed by atoms with van der Waals surface area (Å²) >= 11 is 0. The standard InChI is InChI=1S/C16H12O4/c1-19-15-7-4-11(8-13(15)18)14-6-3-10-2-5-12(17)9-16(10)20-14/h2-9H,1H3,(H-,17,18)/p+1. The fourth-order valence-corrected chi connectivity index (χ4v) is 2.07. The Morgan fingerprint density at radius 3 is 2.50 bits per heavy atom. The van der Waals surface area contributed by atoms with Crippen LogP contribution in [-0.4, -0.2) is 17.3 Å². The van der Waals surface area contributed by atoms with Crippen LogP contribution in [0.4, 0.5) is 0 Å². The highest BCUT2D eigenvalue weighted by molar-refractivity contribution is 5.80. The Kier molecular flexibility index (Phi) is 2.91. The number of methoxy groups -OCH3 is 1. The van der Waals surface area contributed by atoms with Gasteiger partial charge in [0.25, 0.3) is 0 Å². The second kappa shape index (κ2) is 4.74. The molecule has 0 saturated carbocycles. The van der Waals surface area contributed by atoms with Gasteiger partial charge in [-0.2, -0.15) is 0 Å². The van der Waals surface area contributed by atoms with Crippen LogP contribution in [0.25, 0.3) is 22.3 Å². The summed E-state index contributed by atoms with van der Waals surface area (Å²) in [5, 5.41) is 20.2. The van der Waals surface area contributed by atoms with Crippen molar-refractivity contribution in [3.8, 4) is 28.6 Å². The average molecular weight is 269 g/mol. The molecule has 0 atom stereocenters. The first-order valence-corrected chi connectivity index (χ1v) is 6.10.